The maximum absolute atomic E-state index is 13.4. The number of amides is 1. The molecule has 0 aromatic heterocycles. The van der Waals surface area contributed by atoms with E-state index in [1.165, 1.54) is 52.0 Å². The number of hydrogen-bond donors (Lipinski definition) is 0. The molecule has 1 fully saturated rings. The molecule has 36 heavy (non-hydrogen) atoms. The lowest BCUT2D eigenvalue weighted by Crippen LogP contribution is -2.45. The third-order valence-corrected chi connectivity index (χ3v) is 8.11. The molecular weight excluding hydrogens is 488 g/mol. The summed E-state index contributed by atoms with van der Waals surface area (Å²) in [5.74, 6) is 1.65. The smallest absolute Gasteiger partial charge is 0.243 e. The number of benzene rings is 2. The fraction of sp³-hybridized carbons (Fsp3) is 0.480. The van der Waals surface area contributed by atoms with E-state index < -0.39 is 15.9 Å². The molecular formula is C25H34N2O8S. The van der Waals surface area contributed by atoms with Crippen molar-refractivity contribution in [3.63, 3.8) is 0 Å². The van der Waals surface area contributed by atoms with Gasteiger partial charge in [-0.2, -0.15) is 4.31 Å². The van der Waals surface area contributed by atoms with E-state index in [9.17, 15) is 13.2 Å². The van der Waals surface area contributed by atoms with Crippen LogP contribution in [-0.4, -0.2) is 79.2 Å². The Hall–Kier alpha value is -3.18. The van der Waals surface area contributed by atoms with E-state index in [0.717, 1.165) is 5.56 Å². The van der Waals surface area contributed by atoms with E-state index in [1.54, 1.807) is 30.1 Å². The Labute approximate surface area is 212 Å². The molecule has 2 aromatic carbocycles. The van der Waals surface area contributed by atoms with Crippen molar-refractivity contribution < 1.29 is 36.9 Å². The fourth-order valence-corrected chi connectivity index (χ4v) is 5.92. The maximum atomic E-state index is 13.4. The Bertz CT molecular complexity index is 1160. The van der Waals surface area contributed by atoms with Crippen molar-refractivity contribution >= 4 is 15.9 Å². The van der Waals surface area contributed by atoms with Gasteiger partial charge in [-0.05, 0) is 42.7 Å². The van der Waals surface area contributed by atoms with Crippen LogP contribution in [0.5, 0.6) is 28.7 Å². The summed E-state index contributed by atoms with van der Waals surface area (Å²) in [5, 5.41) is 0. The van der Waals surface area contributed by atoms with Crippen LogP contribution in [0.15, 0.2) is 35.2 Å². The second-order valence-corrected chi connectivity index (χ2v) is 10.4. The summed E-state index contributed by atoms with van der Waals surface area (Å²) < 4.78 is 54.7. The summed E-state index contributed by atoms with van der Waals surface area (Å²) in [6.45, 7) is 0.751. The van der Waals surface area contributed by atoms with Crippen LogP contribution in [0.4, 0.5) is 0 Å². The average molecular weight is 523 g/mol. The summed E-state index contributed by atoms with van der Waals surface area (Å²) in [5.41, 5.74) is 0.797. The molecule has 0 bridgehead atoms. The number of carbonyl (C=O) groups excluding carboxylic acids is 1. The Balaban J connectivity index is 1.76. The summed E-state index contributed by atoms with van der Waals surface area (Å²) in [6.07, 6.45) is 1.19. The molecule has 198 valence electrons. The van der Waals surface area contributed by atoms with Gasteiger partial charge in [0.2, 0.25) is 21.7 Å². The molecule has 1 aliphatic rings. The molecule has 1 atom stereocenters. The van der Waals surface area contributed by atoms with Crippen molar-refractivity contribution in [2.24, 2.45) is 5.92 Å². The summed E-state index contributed by atoms with van der Waals surface area (Å²) in [6, 6.07) is 8.07. The number of nitrogens with zero attached hydrogens (tertiary/aromatic N) is 2. The van der Waals surface area contributed by atoms with Gasteiger partial charge in [0.15, 0.2) is 23.0 Å². The summed E-state index contributed by atoms with van der Waals surface area (Å²) >= 11 is 0. The Morgan fingerprint density at radius 2 is 1.53 bits per heavy atom. The van der Waals surface area contributed by atoms with E-state index in [1.807, 2.05) is 0 Å². The number of rotatable bonds is 10. The minimum absolute atomic E-state index is 0.0963. The van der Waals surface area contributed by atoms with E-state index in [-0.39, 0.29) is 17.3 Å². The number of hydrogen-bond acceptors (Lipinski definition) is 8. The van der Waals surface area contributed by atoms with Crippen LogP contribution in [0.3, 0.4) is 0 Å². The predicted octanol–water partition coefficient (Wildman–Crippen LogP) is 2.79. The molecule has 0 saturated carbocycles. The molecule has 11 heteroatoms. The molecule has 1 aliphatic heterocycles. The highest BCUT2D eigenvalue weighted by Crippen LogP contribution is 2.38. The van der Waals surface area contributed by atoms with Gasteiger partial charge in [-0.25, -0.2) is 8.42 Å². The van der Waals surface area contributed by atoms with Gasteiger partial charge in [-0.1, -0.05) is 0 Å². The number of piperidine rings is 1. The first-order chi connectivity index (χ1) is 17.2. The monoisotopic (exact) mass is 522 g/mol. The molecule has 3 rings (SSSR count). The van der Waals surface area contributed by atoms with Crippen LogP contribution in [0.2, 0.25) is 0 Å². The number of sulfonamides is 1. The SMILES string of the molecule is COc1ccc(S(=O)(=O)N2CCC[C@@H](C(=O)N(C)Cc3cc(OC)c(OC)c(OC)c3)C2)cc1OC. The normalized spacial score (nSPS) is 16.2. The molecule has 0 unspecified atom stereocenters. The van der Waals surface area contributed by atoms with Gasteiger partial charge in [0, 0.05) is 32.7 Å². The number of methoxy groups -OCH3 is 5. The highest BCUT2D eigenvalue weighted by molar-refractivity contribution is 7.89. The van der Waals surface area contributed by atoms with Gasteiger partial charge < -0.3 is 28.6 Å². The Morgan fingerprint density at radius 1 is 0.917 bits per heavy atom. The van der Waals surface area contributed by atoms with E-state index in [4.69, 9.17) is 23.7 Å². The van der Waals surface area contributed by atoms with E-state index >= 15 is 0 Å². The summed E-state index contributed by atoms with van der Waals surface area (Å²) in [4.78, 5) is 15.0. The van der Waals surface area contributed by atoms with Crippen LogP contribution < -0.4 is 23.7 Å². The first-order valence-corrected chi connectivity index (χ1v) is 12.9. The van der Waals surface area contributed by atoms with Crippen molar-refractivity contribution in [3.05, 3.63) is 35.9 Å². The van der Waals surface area contributed by atoms with Crippen LogP contribution in [-0.2, 0) is 21.4 Å². The van der Waals surface area contributed by atoms with Gasteiger partial charge in [0.05, 0.1) is 46.4 Å². The van der Waals surface area contributed by atoms with Gasteiger partial charge in [-0.3, -0.25) is 4.79 Å². The minimum atomic E-state index is -3.82. The zero-order chi connectivity index (χ0) is 26.5. The molecule has 1 heterocycles. The predicted molar refractivity (Wildman–Crippen MR) is 134 cm³/mol. The average Bonchev–Trinajstić information content (AvgIpc) is 2.91. The van der Waals surface area contributed by atoms with Crippen molar-refractivity contribution in [2.45, 2.75) is 24.3 Å². The Kier molecular flexibility index (Phi) is 8.91. The largest absolute Gasteiger partial charge is 0.493 e. The van der Waals surface area contributed by atoms with Gasteiger partial charge >= 0.3 is 0 Å². The first-order valence-electron chi connectivity index (χ1n) is 11.5. The molecule has 0 radical (unpaired) electrons. The molecule has 0 spiro atoms. The van der Waals surface area contributed by atoms with Crippen LogP contribution >= 0.6 is 0 Å². The fourth-order valence-electron chi connectivity index (χ4n) is 4.38. The third kappa shape index (κ3) is 5.62. The topological polar surface area (TPSA) is 104 Å². The lowest BCUT2D eigenvalue weighted by molar-refractivity contribution is -0.135. The quantitative estimate of drug-likeness (QED) is 0.469. The van der Waals surface area contributed by atoms with Crippen LogP contribution in [0.25, 0.3) is 0 Å². The van der Waals surface area contributed by atoms with Crippen molar-refractivity contribution in [1.29, 1.82) is 0 Å². The standard InChI is InChI=1S/C25H34N2O8S/c1-26(15-17-12-22(33-4)24(35-6)23(13-17)34-5)25(28)18-8-7-11-27(16-18)36(29,30)19-9-10-20(31-2)21(14-19)32-3/h9-10,12-14,18H,7-8,11,15-16H2,1-6H3/t18-/m1/s1. The van der Waals surface area contributed by atoms with Gasteiger partial charge in [0.25, 0.3) is 0 Å². The molecule has 10 nitrogen and oxygen atoms in total. The molecule has 0 aliphatic carbocycles. The highest BCUT2D eigenvalue weighted by Gasteiger charge is 2.35. The molecule has 2 aromatic rings. The lowest BCUT2D eigenvalue weighted by atomic mass is 9.98. The number of carbonyl (C=O) groups is 1. The highest BCUT2D eigenvalue weighted by atomic mass is 32.2. The zero-order valence-corrected chi connectivity index (χ0v) is 22.4. The van der Waals surface area contributed by atoms with Crippen LogP contribution in [0, 0.1) is 5.92 Å². The second-order valence-electron chi connectivity index (χ2n) is 8.45. The van der Waals surface area contributed by atoms with E-state index in [0.29, 0.717) is 54.7 Å². The van der Waals surface area contributed by atoms with Gasteiger partial charge in [0.1, 0.15) is 0 Å². The number of ether oxygens (including phenoxy) is 5. The second kappa shape index (κ2) is 11.7. The molecule has 1 saturated heterocycles. The summed E-state index contributed by atoms with van der Waals surface area (Å²) in [7, 11) is 5.42. The Morgan fingerprint density at radius 3 is 2.08 bits per heavy atom. The van der Waals surface area contributed by atoms with Crippen LogP contribution in [0.1, 0.15) is 18.4 Å². The van der Waals surface area contributed by atoms with E-state index in [2.05, 4.69) is 0 Å². The van der Waals surface area contributed by atoms with Crippen molar-refractivity contribution in [1.82, 2.24) is 9.21 Å². The molecule has 1 amide bonds. The maximum Gasteiger partial charge on any atom is 0.243 e. The molecule has 0 N–H and O–H groups in total. The third-order valence-electron chi connectivity index (χ3n) is 6.25. The first kappa shape index (κ1) is 27.4. The van der Waals surface area contributed by atoms with Gasteiger partial charge in [-0.15, -0.1) is 0 Å². The lowest BCUT2D eigenvalue weighted by Gasteiger charge is -2.33. The zero-order valence-electron chi connectivity index (χ0n) is 21.6. The van der Waals surface area contributed by atoms with Crippen molar-refractivity contribution in [2.75, 3.05) is 55.7 Å². The van der Waals surface area contributed by atoms with Crippen molar-refractivity contribution in [3.8, 4) is 28.7 Å². The minimum Gasteiger partial charge on any atom is -0.493 e.